The number of carbonyl (C=O) groups excluding carboxylic acids is 1. The molecule has 0 aliphatic rings. The Kier molecular flexibility index (Phi) is 3.27. The van der Waals surface area contributed by atoms with Crippen molar-refractivity contribution in [1.82, 2.24) is 15.0 Å². The standard InChI is InChI=1S/C10H4ClF4N3O/c11-5-1-6(12)3-7(2-5)18-4-8(16-17-18)9(19)10(13,14)15/h1-4H. The maximum absolute atomic E-state index is 13.1. The molecule has 0 saturated carbocycles. The predicted molar refractivity (Wildman–Crippen MR) is 56.7 cm³/mol. The van der Waals surface area contributed by atoms with Gasteiger partial charge in [-0.25, -0.2) is 9.07 Å². The molecule has 0 fully saturated rings. The zero-order valence-corrected chi connectivity index (χ0v) is 9.71. The maximum Gasteiger partial charge on any atom is 0.456 e. The van der Waals surface area contributed by atoms with Gasteiger partial charge in [-0.1, -0.05) is 16.8 Å². The predicted octanol–water partition coefficient (Wildman–Crippen LogP) is 2.80. The molecule has 0 radical (unpaired) electrons. The molecule has 4 nitrogen and oxygen atoms in total. The Morgan fingerprint density at radius 3 is 2.53 bits per heavy atom. The molecule has 0 unspecified atom stereocenters. The summed E-state index contributed by atoms with van der Waals surface area (Å²) in [6.45, 7) is 0. The summed E-state index contributed by atoms with van der Waals surface area (Å²) in [7, 11) is 0. The van der Waals surface area contributed by atoms with Crippen LogP contribution in [0, 0.1) is 5.82 Å². The van der Waals surface area contributed by atoms with Gasteiger partial charge >= 0.3 is 6.18 Å². The molecule has 0 N–H and O–H groups in total. The summed E-state index contributed by atoms with van der Waals surface area (Å²) in [5.74, 6) is -2.82. The molecule has 1 aromatic carbocycles. The van der Waals surface area contributed by atoms with Crippen molar-refractivity contribution in [3.8, 4) is 5.69 Å². The van der Waals surface area contributed by atoms with Crippen molar-refractivity contribution in [1.29, 1.82) is 0 Å². The highest BCUT2D eigenvalue weighted by Gasteiger charge is 2.41. The number of halogens is 5. The number of rotatable bonds is 2. The second kappa shape index (κ2) is 4.61. The molecule has 0 aliphatic heterocycles. The SMILES string of the molecule is O=C(c1cn(-c2cc(F)cc(Cl)c2)nn1)C(F)(F)F. The van der Waals surface area contributed by atoms with E-state index >= 15 is 0 Å². The summed E-state index contributed by atoms with van der Waals surface area (Å²) in [6, 6.07) is 3.27. The van der Waals surface area contributed by atoms with E-state index in [9.17, 15) is 22.4 Å². The number of Topliss-reactive ketones (excluding diaryl/α,β-unsaturated/α-hetero) is 1. The van der Waals surface area contributed by atoms with Crippen LogP contribution in [-0.2, 0) is 0 Å². The van der Waals surface area contributed by atoms with Crippen LogP contribution in [0.25, 0.3) is 5.69 Å². The molecule has 100 valence electrons. The number of nitrogens with zero attached hydrogens (tertiary/aromatic N) is 3. The number of alkyl halides is 3. The number of ketones is 1. The minimum atomic E-state index is -5.04. The van der Waals surface area contributed by atoms with Crippen molar-refractivity contribution >= 4 is 17.4 Å². The van der Waals surface area contributed by atoms with Crippen molar-refractivity contribution < 1.29 is 22.4 Å². The van der Waals surface area contributed by atoms with Gasteiger partial charge in [0.15, 0.2) is 5.69 Å². The van der Waals surface area contributed by atoms with Crippen LogP contribution in [0.2, 0.25) is 5.02 Å². The van der Waals surface area contributed by atoms with Crippen LogP contribution >= 0.6 is 11.6 Å². The summed E-state index contributed by atoms with van der Waals surface area (Å²) in [4.78, 5) is 10.9. The summed E-state index contributed by atoms with van der Waals surface area (Å²) >= 11 is 5.59. The van der Waals surface area contributed by atoms with Gasteiger partial charge in [0.1, 0.15) is 5.82 Å². The Morgan fingerprint density at radius 2 is 1.95 bits per heavy atom. The minimum Gasteiger partial charge on any atom is -0.282 e. The van der Waals surface area contributed by atoms with Crippen LogP contribution in [0.5, 0.6) is 0 Å². The molecule has 0 bridgehead atoms. The van der Waals surface area contributed by atoms with Gasteiger partial charge in [0.2, 0.25) is 0 Å². The zero-order chi connectivity index (χ0) is 14.2. The first-order valence-corrected chi connectivity index (χ1v) is 5.15. The third-order valence-electron chi connectivity index (χ3n) is 2.10. The van der Waals surface area contributed by atoms with E-state index in [4.69, 9.17) is 11.6 Å². The van der Waals surface area contributed by atoms with Crippen molar-refractivity contribution in [2.45, 2.75) is 6.18 Å². The summed E-state index contributed by atoms with van der Waals surface area (Å²) < 4.78 is 50.4. The Hall–Kier alpha value is -1.96. The molecule has 0 spiro atoms. The van der Waals surface area contributed by atoms with E-state index in [0.717, 1.165) is 23.0 Å². The van der Waals surface area contributed by atoms with Gasteiger partial charge in [0.05, 0.1) is 11.9 Å². The van der Waals surface area contributed by atoms with E-state index in [0.29, 0.717) is 0 Å². The van der Waals surface area contributed by atoms with Gasteiger partial charge < -0.3 is 0 Å². The van der Waals surface area contributed by atoms with E-state index in [1.165, 1.54) is 6.07 Å². The van der Waals surface area contributed by atoms with Gasteiger partial charge in [-0.3, -0.25) is 4.79 Å². The quantitative estimate of drug-likeness (QED) is 0.632. The van der Waals surface area contributed by atoms with Gasteiger partial charge in [-0.2, -0.15) is 13.2 Å². The number of carbonyl (C=O) groups is 1. The topological polar surface area (TPSA) is 47.8 Å². The monoisotopic (exact) mass is 293 g/mol. The summed E-state index contributed by atoms with van der Waals surface area (Å²) in [6.07, 6.45) is -4.29. The van der Waals surface area contributed by atoms with Crippen LogP contribution in [0.3, 0.4) is 0 Å². The van der Waals surface area contributed by atoms with Gasteiger partial charge in [-0.05, 0) is 18.2 Å². The Bertz CT molecular complexity index is 618. The minimum absolute atomic E-state index is 0.0363. The second-order valence-corrected chi connectivity index (χ2v) is 3.94. The molecular formula is C10H4ClF4N3O. The number of benzene rings is 1. The highest BCUT2D eigenvalue weighted by molar-refractivity contribution is 6.30. The van der Waals surface area contributed by atoms with Crippen LogP contribution in [0.1, 0.15) is 10.5 Å². The Labute approximate surface area is 108 Å². The van der Waals surface area contributed by atoms with Crippen molar-refractivity contribution in [3.05, 3.63) is 40.9 Å². The number of aromatic nitrogens is 3. The normalized spacial score (nSPS) is 11.6. The summed E-state index contributed by atoms with van der Waals surface area (Å²) in [5.41, 5.74) is -0.827. The van der Waals surface area contributed by atoms with E-state index in [-0.39, 0.29) is 10.7 Å². The van der Waals surface area contributed by atoms with E-state index in [2.05, 4.69) is 10.3 Å². The van der Waals surface area contributed by atoms with Gasteiger partial charge in [0, 0.05) is 5.02 Å². The average molecular weight is 294 g/mol. The molecule has 2 aromatic rings. The van der Waals surface area contributed by atoms with Crippen molar-refractivity contribution in [2.24, 2.45) is 0 Å². The largest absolute Gasteiger partial charge is 0.456 e. The van der Waals surface area contributed by atoms with E-state index in [1.54, 1.807) is 0 Å². The zero-order valence-electron chi connectivity index (χ0n) is 8.95. The number of hydrogen-bond donors (Lipinski definition) is 0. The lowest BCUT2D eigenvalue weighted by Gasteiger charge is -2.01. The first-order valence-electron chi connectivity index (χ1n) is 4.78. The maximum atomic E-state index is 13.1. The lowest BCUT2D eigenvalue weighted by Crippen LogP contribution is -2.23. The molecule has 9 heteroatoms. The highest BCUT2D eigenvalue weighted by Crippen LogP contribution is 2.21. The molecule has 0 atom stereocenters. The Morgan fingerprint density at radius 1 is 1.26 bits per heavy atom. The third-order valence-corrected chi connectivity index (χ3v) is 2.31. The molecule has 0 aliphatic carbocycles. The first-order chi connectivity index (χ1) is 8.77. The number of hydrogen-bond acceptors (Lipinski definition) is 3. The lowest BCUT2D eigenvalue weighted by molar-refractivity contribution is -0.0888. The molecule has 0 saturated heterocycles. The third kappa shape index (κ3) is 2.90. The Balaban J connectivity index is 2.38. The van der Waals surface area contributed by atoms with E-state index < -0.39 is 23.5 Å². The van der Waals surface area contributed by atoms with Crippen LogP contribution in [0.15, 0.2) is 24.4 Å². The molecule has 2 rings (SSSR count). The second-order valence-electron chi connectivity index (χ2n) is 3.50. The molecule has 19 heavy (non-hydrogen) atoms. The fourth-order valence-electron chi connectivity index (χ4n) is 1.31. The highest BCUT2D eigenvalue weighted by atomic mass is 35.5. The fourth-order valence-corrected chi connectivity index (χ4v) is 1.53. The molecule has 1 heterocycles. The smallest absolute Gasteiger partial charge is 0.282 e. The molecule has 0 amide bonds. The first kappa shape index (κ1) is 13.5. The van der Waals surface area contributed by atoms with Crippen LogP contribution in [0.4, 0.5) is 17.6 Å². The average Bonchev–Trinajstić information content (AvgIpc) is 2.74. The lowest BCUT2D eigenvalue weighted by atomic mass is 10.3. The molecular weight excluding hydrogens is 290 g/mol. The van der Waals surface area contributed by atoms with Gasteiger partial charge in [-0.15, -0.1) is 5.10 Å². The van der Waals surface area contributed by atoms with Crippen molar-refractivity contribution in [2.75, 3.05) is 0 Å². The van der Waals surface area contributed by atoms with Gasteiger partial charge in [0.25, 0.3) is 5.78 Å². The molecule has 1 aromatic heterocycles. The van der Waals surface area contributed by atoms with Crippen LogP contribution < -0.4 is 0 Å². The van der Waals surface area contributed by atoms with Crippen molar-refractivity contribution in [3.63, 3.8) is 0 Å². The van der Waals surface area contributed by atoms with E-state index in [1.807, 2.05) is 0 Å². The summed E-state index contributed by atoms with van der Waals surface area (Å²) in [5, 5.41) is 6.46. The fraction of sp³-hybridized carbons (Fsp3) is 0.100. The van der Waals surface area contributed by atoms with Crippen LogP contribution in [-0.4, -0.2) is 27.0 Å².